The third-order valence-electron chi connectivity index (χ3n) is 6.54. The molecule has 25 heavy (non-hydrogen) atoms. The predicted octanol–water partition coefficient (Wildman–Crippen LogP) is 2.75. The minimum atomic E-state index is -0.691. The predicted molar refractivity (Wildman–Crippen MR) is 95.7 cm³/mol. The monoisotopic (exact) mass is 341 g/mol. The second-order valence-corrected chi connectivity index (χ2v) is 7.98. The van der Waals surface area contributed by atoms with E-state index in [0.29, 0.717) is 6.67 Å². The van der Waals surface area contributed by atoms with E-state index in [4.69, 9.17) is 0 Å². The molecule has 4 rings (SSSR count). The van der Waals surface area contributed by atoms with E-state index >= 15 is 0 Å². The summed E-state index contributed by atoms with van der Waals surface area (Å²) in [6.45, 7) is 6.28. The Labute approximate surface area is 149 Å². The van der Waals surface area contributed by atoms with Crippen LogP contribution < -0.4 is 5.32 Å². The van der Waals surface area contributed by atoms with Crippen LogP contribution in [0.3, 0.4) is 0 Å². The number of hydrogen-bond acceptors (Lipinski definition) is 3. The first-order chi connectivity index (χ1) is 12.0. The number of carbonyl (C=O) groups is 2. The Morgan fingerprint density at radius 1 is 1.12 bits per heavy atom. The number of hydrogen-bond donors (Lipinski definition) is 1. The van der Waals surface area contributed by atoms with E-state index < -0.39 is 5.54 Å². The number of nitrogens with one attached hydrogen (secondary N) is 1. The smallest absolute Gasteiger partial charge is 0.323 e. The van der Waals surface area contributed by atoms with Gasteiger partial charge < -0.3 is 5.32 Å². The lowest BCUT2D eigenvalue weighted by Crippen LogP contribution is -2.59. The Morgan fingerprint density at radius 3 is 2.52 bits per heavy atom. The van der Waals surface area contributed by atoms with E-state index in [1.54, 1.807) is 0 Å². The summed E-state index contributed by atoms with van der Waals surface area (Å²) >= 11 is 0. The highest BCUT2D eigenvalue weighted by molar-refractivity contribution is 6.07. The lowest BCUT2D eigenvalue weighted by molar-refractivity contribution is -0.138. The van der Waals surface area contributed by atoms with Gasteiger partial charge in [0.2, 0.25) is 0 Å². The molecular formula is C20H27N3O2. The minimum Gasteiger partial charge on any atom is -0.323 e. The normalized spacial score (nSPS) is 32.8. The number of benzene rings is 1. The Morgan fingerprint density at radius 2 is 1.80 bits per heavy atom. The van der Waals surface area contributed by atoms with E-state index in [1.165, 1.54) is 16.0 Å². The summed E-state index contributed by atoms with van der Waals surface area (Å²) in [6, 6.07) is 8.21. The van der Waals surface area contributed by atoms with Gasteiger partial charge in [-0.3, -0.25) is 9.69 Å². The van der Waals surface area contributed by atoms with Gasteiger partial charge in [0.05, 0.1) is 6.67 Å². The number of fused-ring (bicyclic) bond motifs is 1. The highest BCUT2D eigenvalue weighted by Crippen LogP contribution is 2.42. The number of nitrogens with zero attached hydrogens (tertiary/aromatic N) is 2. The van der Waals surface area contributed by atoms with Gasteiger partial charge in [0.15, 0.2) is 0 Å². The quantitative estimate of drug-likeness (QED) is 0.842. The van der Waals surface area contributed by atoms with Gasteiger partial charge in [-0.1, -0.05) is 44.5 Å². The van der Waals surface area contributed by atoms with Crippen molar-refractivity contribution in [2.45, 2.75) is 51.6 Å². The van der Waals surface area contributed by atoms with Crippen molar-refractivity contribution in [2.24, 2.45) is 11.8 Å². The third kappa shape index (κ3) is 2.56. The molecule has 1 aromatic rings. The molecule has 1 spiro atoms. The van der Waals surface area contributed by atoms with Crippen LogP contribution in [0, 0.1) is 11.8 Å². The maximum atomic E-state index is 13.2. The minimum absolute atomic E-state index is 0.0175. The topological polar surface area (TPSA) is 52.7 Å². The first kappa shape index (κ1) is 16.6. The molecule has 1 aromatic carbocycles. The first-order valence-electron chi connectivity index (χ1n) is 9.45. The molecule has 0 radical (unpaired) electrons. The number of amides is 3. The van der Waals surface area contributed by atoms with Gasteiger partial charge in [-0.15, -0.1) is 0 Å². The lowest BCUT2D eigenvalue weighted by atomic mass is 9.67. The van der Waals surface area contributed by atoms with Crippen molar-refractivity contribution in [1.29, 1.82) is 0 Å². The molecule has 5 heteroatoms. The van der Waals surface area contributed by atoms with E-state index in [9.17, 15) is 9.59 Å². The number of imide groups is 1. The van der Waals surface area contributed by atoms with Gasteiger partial charge in [0, 0.05) is 13.1 Å². The third-order valence-corrected chi connectivity index (χ3v) is 6.54. The van der Waals surface area contributed by atoms with Crippen LogP contribution in [-0.4, -0.2) is 40.5 Å². The largest absolute Gasteiger partial charge is 0.326 e. The molecule has 0 aromatic heterocycles. The molecule has 2 fully saturated rings. The number of carbonyl (C=O) groups excluding carboxylic acids is 2. The van der Waals surface area contributed by atoms with Gasteiger partial charge in [0.1, 0.15) is 5.54 Å². The van der Waals surface area contributed by atoms with Crippen molar-refractivity contribution in [3.8, 4) is 0 Å². The Kier molecular flexibility index (Phi) is 4.07. The Balaban J connectivity index is 1.52. The highest BCUT2D eigenvalue weighted by Gasteiger charge is 2.58. The van der Waals surface area contributed by atoms with Crippen LogP contribution in [0.25, 0.3) is 0 Å². The zero-order valence-corrected chi connectivity index (χ0v) is 15.1. The standard InChI is InChI=1S/C20H27N3O2/c1-14-6-5-7-15(2)20(14)18(24)23(19(25)21-20)13-22-11-10-16-8-3-4-9-17(16)12-22/h3-4,8-9,14-15H,5-7,10-13H2,1-2H3,(H,21,25). The maximum Gasteiger partial charge on any atom is 0.326 e. The number of rotatable bonds is 2. The van der Waals surface area contributed by atoms with Gasteiger partial charge in [-0.05, 0) is 42.2 Å². The van der Waals surface area contributed by atoms with Crippen LogP contribution >= 0.6 is 0 Å². The second kappa shape index (κ2) is 6.13. The summed E-state index contributed by atoms with van der Waals surface area (Å²) in [6.07, 6.45) is 4.11. The maximum absolute atomic E-state index is 13.2. The van der Waals surface area contributed by atoms with E-state index in [0.717, 1.165) is 38.8 Å². The fourth-order valence-electron chi connectivity index (χ4n) is 4.96. The van der Waals surface area contributed by atoms with Gasteiger partial charge in [-0.25, -0.2) is 9.69 Å². The van der Waals surface area contributed by atoms with Crippen molar-refractivity contribution in [3.05, 3.63) is 35.4 Å². The van der Waals surface area contributed by atoms with E-state index in [1.807, 2.05) is 0 Å². The average Bonchev–Trinajstić information content (AvgIpc) is 2.86. The zero-order valence-electron chi connectivity index (χ0n) is 15.1. The van der Waals surface area contributed by atoms with Gasteiger partial charge in [0.25, 0.3) is 5.91 Å². The molecule has 1 N–H and O–H groups in total. The summed E-state index contributed by atoms with van der Waals surface area (Å²) in [4.78, 5) is 29.5. The molecule has 3 aliphatic rings. The lowest BCUT2D eigenvalue weighted by Gasteiger charge is -2.42. The van der Waals surface area contributed by atoms with Crippen LogP contribution in [0.1, 0.15) is 44.2 Å². The molecule has 1 saturated carbocycles. The first-order valence-corrected chi connectivity index (χ1v) is 9.45. The molecule has 0 bridgehead atoms. The van der Waals surface area contributed by atoms with Crippen LogP contribution in [-0.2, 0) is 17.8 Å². The fraction of sp³-hybridized carbons (Fsp3) is 0.600. The van der Waals surface area contributed by atoms with Crippen molar-refractivity contribution >= 4 is 11.9 Å². The summed E-state index contributed by atoms with van der Waals surface area (Å²) < 4.78 is 0. The Bertz CT molecular complexity index is 692. The summed E-state index contributed by atoms with van der Waals surface area (Å²) in [5.74, 6) is 0.371. The van der Waals surface area contributed by atoms with Crippen molar-refractivity contribution < 1.29 is 9.59 Å². The van der Waals surface area contributed by atoms with Crippen molar-refractivity contribution in [1.82, 2.24) is 15.1 Å². The van der Waals surface area contributed by atoms with Crippen LogP contribution in [0.15, 0.2) is 24.3 Å². The van der Waals surface area contributed by atoms with Crippen molar-refractivity contribution in [3.63, 3.8) is 0 Å². The van der Waals surface area contributed by atoms with E-state index in [2.05, 4.69) is 48.3 Å². The summed E-state index contributed by atoms with van der Waals surface area (Å²) in [5.41, 5.74) is 1.99. The molecule has 1 aliphatic carbocycles. The van der Waals surface area contributed by atoms with Gasteiger partial charge >= 0.3 is 6.03 Å². The van der Waals surface area contributed by atoms with Crippen LogP contribution in [0.4, 0.5) is 4.79 Å². The zero-order chi connectivity index (χ0) is 17.6. The van der Waals surface area contributed by atoms with Gasteiger partial charge in [-0.2, -0.15) is 0 Å². The molecular weight excluding hydrogens is 314 g/mol. The molecule has 5 nitrogen and oxygen atoms in total. The fourth-order valence-corrected chi connectivity index (χ4v) is 4.96. The van der Waals surface area contributed by atoms with Crippen LogP contribution in [0.2, 0.25) is 0 Å². The summed E-state index contributed by atoms with van der Waals surface area (Å²) in [5, 5.41) is 3.09. The molecule has 2 atom stereocenters. The SMILES string of the molecule is CC1CCCC(C)C12NC(=O)N(CN1CCc3ccccc3C1)C2=O. The number of urea groups is 1. The average molecular weight is 341 g/mol. The molecule has 134 valence electrons. The molecule has 2 heterocycles. The molecule has 2 unspecified atom stereocenters. The highest BCUT2D eigenvalue weighted by atomic mass is 16.2. The van der Waals surface area contributed by atoms with Crippen molar-refractivity contribution in [2.75, 3.05) is 13.2 Å². The summed E-state index contributed by atoms with van der Waals surface area (Å²) in [7, 11) is 0. The van der Waals surface area contributed by atoms with Crippen LogP contribution in [0.5, 0.6) is 0 Å². The Hall–Kier alpha value is -1.88. The second-order valence-electron chi connectivity index (χ2n) is 7.98. The molecule has 1 saturated heterocycles. The molecule has 3 amide bonds. The van der Waals surface area contributed by atoms with E-state index in [-0.39, 0.29) is 23.8 Å². The molecule has 2 aliphatic heterocycles.